The zero-order chi connectivity index (χ0) is 27.3. The Morgan fingerprint density at radius 3 is 2.38 bits per heavy atom. The van der Waals surface area contributed by atoms with Crippen molar-refractivity contribution in [3.8, 4) is 5.75 Å². The first kappa shape index (κ1) is 26.8. The first-order chi connectivity index (χ1) is 19.6. The summed E-state index contributed by atoms with van der Waals surface area (Å²) >= 11 is 1.87. The van der Waals surface area contributed by atoms with Gasteiger partial charge in [0.2, 0.25) is 0 Å². The molecular weight excluding hydrogens is 518 g/mol. The Bertz CT molecular complexity index is 1370. The molecule has 40 heavy (non-hydrogen) atoms. The Hall–Kier alpha value is -3.39. The van der Waals surface area contributed by atoms with Gasteiger partial charge in [-0.25, -0.2) is 0 Å². The van der Waals surface area contributed by atoms with Crippen LogP contribution >= 0.6 is 11.3 Å². The van der Waals surface area contributed by atoms with Gasteiger partial charge in [0, 0.05) is 72.9 Å². The average Bonchev–Trinajstić information content (AvgIpc) is 3.41. The third-order valence-corrected chi connectivity index (χ3v) is 8.90. The second-order valence-corrected chi connectivity index (χ2v) is 12.0. The molecule has 0 saturated carbocycles. The summed E-state index contributed by atoms with van der Waals surface area (Å²) in [6.45, 7) is 6.57. The first-order valence-corrected chi connectivity index (χ1v) is 15.1. The number of amides is 1. The number of hydrogen-bond donors (Lipinski definition) is 0. The summed E-state index contributed by atoms with van der Waals surface area (Å²) in [5.41, 5.74) is 3.18. The molecule has 0 aliphatic carbocycles. The molecule has 2 aliphatic rings. The molecule has 0 N–H and O–H groups in total. The van der Waals surface area contributed by atoms with E-state index >= 15 is 0 Å². The van der Waals surface area contributed by atoms with Crippen molar-refractivity contribution in [1.29, 1.82) is 0 Å². The minimum absolute atomic E-state index is 0.107. The molecule has 0 radical (unpaired) electrons. The number of anilines is 1. The van der Waals surface area contributed by atoms with Crippen LogP contribution in [0.25, 0.3) is 10.1 Å². The number of hydrogen-bond acceptors (Lipinski definition) is 6. The van der Waals surface area contributed by atoms with Crippen molar-refractivity contribution in [2.24, 2.45) is 0 Å². The second kappa shape index (κ2) is 12.4. The van der Waals surface area contributed by atoms with Gasteiger partial charge in [-0.1, -0.05) is 30.3 Å². The van der Waals surface area contributed by atoms with Crippen LogP contribution in [0.5, 0.6) is 5.75 Å². The first-order valence-electron chi connectivity index (χ1n) is 14.2. The maximum absolute atomic E-state index is 13.1. The van der Waals surface area contributed by atoms with E-state index in [0.717, 1.165) is 82.3 Å². The summed E-state index contributed by atoms with van der Waals surface area (Å²) in [6, 6.07) is 27.4. The Labute approximate surface area is 240 Å². The van der Waals surface area contributed by atoms with Gasteiger partial charge in [-0.3, -0.25) is 9.69 Å². The molecule has 0 bridgehead atoms. The van der Waals surface area contributed by atoms with E-state index in [4.69, 9.17) is 9.47 Å². The van der Waals surface area contributed by atoms with E-state index in [0.29, 0.717) is 0 Å². The van der Waals surface area contributed by atoms with Crippen LogP contribution in [0.1, 0.15) is 33.6 Å². The SMILES string of the molecule is CN(Cc1ccc(OC2CCN(C(=O)c3ccc(N4CCOCC4)cc3)CC2)cc1)Cc1cc2ccccc2s1. The number of rotatable bonds is 8. The molecule has 1 aromatic heterocycles. The van der Waals surface area contributed by atoms with Gasteiger partial charge < -0.3 is 19.3 Å². The molecule has 3 aromatic carbocycles. The average molecular weight is 556 g/mol. The highest BCUT2D eigenvalue weighted by Gasteiger charge is 2.25. The molecule has 2 saturated heterocycles. The molecule has 6 rings (SSSR count). The van der Waals surface area contributed by atoms with E-state index in [2.05, 4.69) is 83.6 Å². The van der Waals surface area contributed by atoms with Gasteiger partial charge in [-0.05, 0) is 66.5 Å². The molecule has 4 aromatic rings. The molecule has 0 spiro atoms. The van der Waals surface area contributed by atoms with Crippen LogP contribution in [-0.4, -0.2) is 68.3 Å². The van der Waals surface area contributed by atoms with Gasteiger partial charge in [0.1, 0.15) is 11.9 Å². The Morgan fingerprint density at radius 1 is 0.925 bits per heavy atom. The molecule has 2 aliphatic heterocycles. The number of fused-ring (bicyclic) bond motifs is 1. The predicted octanol–water partition coefficient (Wildman–Crippen LogP) is 6.05. The maximum atomic E-state index is 13.1. The number of likely N-dealkylation sites (tertiary alicyclic amines) is 1. The minimum atomic E-state index is 0.107. The van der Waals surface area contributed by atoms with Crippen molar-refractivity contribution in [1.82, 2.24) is 9.80 Å². The van der Waals surface area contributed by atoms with Gasteiger partial charge >= 0.3 is 0 Å². The molecule has 1 amide bonds. The standard InChI is InChI=1S/C33H37N3O3S/c1-34(24-31-22-27-4-2-3-5-32(27)40-31)23-25-6-12-29(13-7-25)39-30-14-16-36(17-15-30)33(37)26-8-10-28(11-9-26)35-18-20-38-21-19-35/h2-13,22,30H,14-21,23-24H2,1H3. The van der Waals surface area contributed by atoms with Crippen LogP contribution in [0.2, 0.25) is 0 Å². The quantitative estimate of drug-likeness (QED) is 0.265. The third-order valence-electron chi connectivity index (χ3n) is 7.80. The number of carbonyl (C=O) groups excluding carboxylic acids is 1. The number of carbonyl (C=O) groups is 1. The lowest BCUT2D eigenvalue weighted by Crippen LogP contribution is -2.41. The Balaban J connectivity index is 0.956. The molecule has 0 atom stereocenters. The normalized spacial score (nSPS) is 16.6. The third kappa shape index (κ3) is 6.49. The number of piperidine rings is 1. The Kier molecular flexibility index (Phi) is 8.32. The van der Waals surface area contributed by atoms with Crippen LogP contribution in [0.3, 0.4) is 0 Å². The molecule has 2 fully saturated rings. The number of ether oxygens (including phenoxy) is 2. The monoisotopic (exact) mass is 555 g/mol. The zero-order valence-electron chi connectivity index (χ0n) is 23.1. The topological polar surface area (TPSA) is 45.2 Å². The highest BCUT2D eigenvalue weighted by Crippen LogP contribution is 2.27. The molecule has 0 unspecified atom stereocenters. The lowest BCUT2D eigenvalue weighted by atomic mass is 10.1. The fraction of sp³-hybridized carbons (Fsp3) is 0.364. The van der Waals surface area contributed by atoms with Crippen molar-refractivity contribution in [2.75, 3.05) is 51.3 Å². The van der Waals surface area contributed by atoms with Crippen LogP contribution in [0, 0.1) is 0 Å². The molecule has 208 valence electrons. The van der Waals surface area contributed by atoms with Crippen LogP contribution in [-0.2, 0) is 17.8 Å². The largest absolute Gasteiger partial charge is 0.490 e. The van der Waals surface area contributed by atoms with Gasteiger partial charge in [-0.15, -0.1) is 11.3 Å². The maximum Gasteiger partial charge on any atom is 0.253 e. The summed E-state index contributed by atoms with van der Waals surface area (Å²) in [5.74, 6) is 1.01. The number of nitrogens with zero attached hydrogens (tertiary/aromatic N) is 3. The molecule has 6 nitrogen and oxygen atoms in total. The lowest BCUT2D eigenvalue weighted by molar-refractivity contribution is 0.0595. The number of morpholine rings is 1. The van der Waals surface area contributed by atoms with Crippen LogP contribution < -0.4 is 9.64 Å². The summed E-state index contributed by atoms with van der Waals surface area (Å²) in [7, 11) is 2.17. The second-order valence-electron chi connectivity index (χ2n) is 10.8. The lowest BCUT2D eigenvalue weighted by Gasteiger charge is -2.32. The van der Waals surface area contributed by atoms with E-state index in [1.807, 2.05) is 28.4 Å². The molecular formula is C33H37N3O3S. The fourth-order valence-corrected chi connectivity index (χ4v) is 6.75. The van der Waals surface area contributed by atoms with E-state index in [1.165, 1.54) is 20.5 Å². The predicted molar refractivity (Wildman–Crippen MR) is 162 cm³/mol. The summed E-state index contributed by atoms with van der Waals surface area (Å²) in [5, 5.41) is 1.32. The fourth-order valence-electron chi connectivity index (χ4n) is 5.61. The van der Waals surface area contributed by atoms with E-state index < -0.39 is 0 Å². The number of thiophene rings is 1. The smallest absolute Gasteiger partial charge is 0.253 e. The molecule has 3 heterocycles. The van der Waals surface area contributed by atoms with Gasteiger partial charge in [0.05, 0.1) is 13.2 Å². The minimum Gasteiger partial charge on any atom is -0.490 e. The van der Waals surface area contributed by atoms with Crippen molar-refractivity contribution >= 4 is 33.0 Å². The van der Waals surface area contributed by atoms with Crippen molar-refractivity contribution in [3.63, 3.8) is 0 Å². The molecule has 7 heteroatoms. The van der Waals surface area contributed by atoms with E-state index in [-0.39, 0.29) is 12.0 Å². The van der Waals surface area contributed by atoms with Gasteiger partial charge in [0.25, 0.3) is 5.91 Å². The highest BCUT2D eigenvalue weighted by atomic mass is 32.1. The van der Waals surface area contributed by atoms with Gasteiger partial charge in [0.15, 0.2) is 0 Å². The van der Waals surface area contributed by atoms with Crippen molar-refractivity contribution < 1.29 is 14.3 Å². The summed E-state index contributed by atoms with van der Waals surface area (Å²) in [6.07, 6.45) is 1.82. The van der Waals surface area contributed by atoms with E-state index in [9.17, 15) is 4.79 Å². The summed E-state index contributed by atoms with van der Waals surface area (Å²) < 4.78 is 13.1. The van der Waals surface area contributed by atoms with E-state index in [1.54, 1.807) is 0 Å². The summed E-state index contributed by atoms with van der Waals surface area (Å²) in [4.78, 5) is 21.1. The zero-order valence-corrected chi connectivity index (χ0v) is 23.9. The van der Waals surface area contributed by atoms with Gasteiger partial charge in [-0.2, -0.15) is 0 Å². The Morgan fingerprint density at radius 2 is 1.65 bits per heavy atom. The van der Waals surface area contributed by atoms with Crippen molar-refractivity contribution in [3.05, 3.63) is 94.9 Å². The van der Waals surface area contributed by atoms with Crippen LogP contribution in [0.4, 0.5) is 5.69 Å². The van der Waals surface area contributed by atoms with Crippen molar-refractivity contribution in [2.45, 2.75) is 32.0 Å². The number of benzene rings is 3. The van der Waals surface area contributed by atoms with Crippen LogP contribution in [0.15, 0.2) is 78.9 Å². The highest BCUT2D eigenvalue weighted by molar-refractivity contribution is 7.19.